The van der Waals surface area contributed by atoms with Gasteiger partial charge >= 0.3 is 11.9 Å². The van der Waals surface area contributed by atoms with Crippen molar-refractivity contribution in [2.45, 2.75) is 63.9 Å². The minimum atomic E-state index is -0.332. The lowest BCUT2D eigenvalue weighted by atomic mass is 9.73. The molecular formula is C16H24O4. The Morgan fingerprint density at radius 2 is 2.10 bits per heavy atom. The average molecular weight is 280 g/mol. The quantitative estimate of drug-likeness (QED) is 0.573. The van der Waals surface area contributed by atoms with Gasteiger partial charge in [0, 0.05) is 17.9 Å². The van der Waals surface area contributed by atoms with Crippen molar-refractivity contribution in [2.24, 2.45) is 5.92 Å². The average Bonchev–Trinajstić information content (AvgIpc) is 2.64. The fourth-order valence-corrected chi connectivity index (χ4v) is 3.50. The monoisotopic (exact) mass is 280 g/mol. The Labute approximate surface area is 120 Å². The van der Waals surface area contributed by atoms with Gasteiger partial charge in [0.25, 0.3) is 0 Å². The smallest absolute Gasteiger partial charge is 0.334 e. The molecule has 4 heteroatoms. The third-order valence-electron chi connectivity index (χ3n) is 4.49. The summed E-state index contributed by atoms with van der Waals surface area (Å²) in [5.41, 5.74) is 0.261. The van der Waals surface area contributed by atoms with Crippen LogP contribution in [0.3, 0.4) is 0 Å². The zero-order chi connectivity index (χ0) is 14.6. The van der Waals surface area contributed by atoms with E-state index in [4.69, 9.17) is 9.47 Å². The van der Waals surface area contributed by atoms with Gasteiger partial charge in [0.15, 0.2) is 0 Å². The molecule has 0 radical (unpaired) electrons. The second-order valence-corrected chi connectivity index (χ2v) is 5.79. The molecule has 0 amide bonds. The molecule has 0 N–H and O–H groups in total. The standard InChI is InChI=1S/C16H24O4/c1-3-19-14(17)9-7-8-13-12(2)15(18)20-16(13)10-5-4-6-11-16/h13H,2-11H2,1H3/t13-/m0/s1. The van der Waals surface area contributed by atoms with E-state index in [2.05, 4.69) is 6.58 Å². The molecule has 0 bridgehead atoms. The van der Waals surface area contributed by atoms with Crippen molar-refractivity contribution in [2.75, 3.05) is 6.61 Å². The molecule has 1 atom stereocenters. The molecule has 2 aliphatic rings. The molecule has 1 spiro atoms. The number of rotatable bonds is 5. The summed E-state index contributed by atoms with van der Waals surface area (Å²) in [5, 5.41) is 0. The second-order valence-electron chi connectivity index (χ2n) is 5.79. The van der Waals surface area contributed by atoms with E-state index in [9.17, 15) is 9.59 Å². The van der Waals surface area contributed by atoms with Crippen LogP contribution in [0.1, 0.15) is 58.3 Å². The lowest BCUT2D eigenvalue weighted by Crippen LogP contribution is -2.38. The first-order valence-corrected chi connectivity index (χ1v) is 7.67. The first-order valence-electron chi connectivity index (χ1n) is 7.67. The number of hydrogen-bond acceptors (Lipinski definition) is 4. The summed E-state index contributed by atoms with van der Waals surface area (Å²) in [6, 6.07) is 0. The molecule has 20 heavy (non-hydrogen) atoms. The van der Waals surface area contributed by atoms with Crippen molar-refractivity contribution in [1.82, 2.24) is 0 Å². The summed E-state index contributed by atoms with van der Waals surface area (Å²) in [5.74, 6) is -0.334. The van der Waals surface area contributed by atoms with Gasteiger partial charge in [-0.15, -0.1) is 0 Å². The number of carbonyl (C=O) groups is 2. The first kappa shape index (κ1) is 15.1. The van der Waals surface area contributed by atoms with Crippen LogP contribution in [0.15, 0.2) is 12.2 Å². The zero-order valence-electron chi connectivity index (χ0n) is 12.3. The van der Waals surface area contributed by atoms with E-state index in [0.717, 1.165) is 38.5 Å². The molecule has 112 valence electrons. The van der Waals surface area contributed by atoms with Gasteiger partial charge in [0.05, 0.1) is 6.61 Å². The summed E-state index contributed by atoms with van der Waals surface area (Å²) in [6.07, 6.45) is 7.20. The van der Waals surface area contributed by atoms with Crippen molar-refractivity contribution in [3.63, 3.8) is 0 Å². The molecule has 1 aliphatic heterocycles. The van der Waals surface area contributed by atoms with Crippen molar-refractivity contribution in [1.29, 1.82) is 0 Å². The maximum atomic E-state index is 11.8. The van der Waals surface area contributed by atoms with Crippen molar-refractivity contribution >= 4 is 11.9 Å². The van der Waals surface area contributed by atoms with Crippen LogP contribution >= 0.6 is 0 Å². The normalized spacial score (nSPS) is 24.8. The van der Waals surface area contributed by atoms with Crippen molar-refractivity contribution in [3.8, 4) is 0 Å². The molecule has 1 heterocycles. The Balaban J connectivity index is 1.94. The molecule has 1 aliphatic carbocycles. The summed E-state index contributed by atoms with van der Waals surface area (Å²) >= 11 is 0. The van der Waals surface area contributed by atoms with Crippen LogP contribution in [0.2, 0.25) is 0 Å². The Morgan fingerprint density at radius 3 is 2.75 bits per heavy atom. The van der Waals surface area contributed by atoms with Crippen molar-refractivity contribution < 1.29 is 19.1 Å². The molecule has 4 nitrogen and oxygen atoms in total. The molecule has 1 saturated heterocycles. The zero-order valence-corrected chi connectivity index (χ0v) is 12.3. The van der Waals surface area contributed by atoms with E-state index in [-0.39, 0.29) is 23.5 Å². The summed E-state index contributed by atoms with van der Waals surface area (Å²) in [4.78, 5) is 23.2. The third-order valence-corrected chi connectivity index (χ3v) is 4.49. The maximum Gasteiger partial charge on any atom is 0.334 e. The highest BCUT2D eigenvalue weighted by atomic mass is 16.6. The Hall–Kier alpha value is -1.32. The summed E-state index contributed by atoms with van der Waals surface area (Å²) < 4.78 is 10.6. The minimum absolute atomic E-state index is 0.0738. The van der Waals surface area contributed by atoms with Crippen LogP contribution in [0.25, 0.3) is 0 Å². The fourth-order valence-electron chi connectivity index (χ4n) is 3.50. The molecule has 2 rings (SSSR count). The second kappa shape index (κ2) is 6.42. The van der Waals surface area contributed by atoms with Gasteiger partial charge in [-0.05, 0) is 45.4 Å². The van der Waals surface area contributed by atoms with Gasteiger partial charge in [-0.25, -0.2) is 4.79 Å². The van der Waals surface area contributed by atoms with Crippen LogP contribution in [0, 0.1) is 5.92 Å². The van der Waals surface area contributed by atoms with Gasteiger partial charge < -0.3 is 9.47 Å². The predicted molar refractivity (Wildman–Crippen MR) is 75.0 cm³/mol. The predicted octanol–water partition coefficient (Wildman–Crippen LogP) is 3.15. The van der Waals surface area contributed by atoms with E-state index in [1.54, 1.807) is 6.92 Å². The Bertz CT molecular complexity index is 393. The van der Waals surface area contributed by atoms with Crippen LogP contribution < -0.4 is 0 Å². The van der Waals surface area contributed by atoms with Crippen LogP contribution in [0.5, 0.6) is 0 Å². The number of esters is 2. The summed E-state index contributed by atoms with van der Waals surface area (Å²) in [7, 11) is 0. The molecule has 0 aromatic rings. The molecule has 2 fully saturated rings. The maximum absolute atomic E-state index is 11.8. The van der Waals surface area contributed by atoms with E-state index in [0.29, 0.717) is 18.6 Å². The lowest BCUT2D eigenvalue weighted by molar-refractivity contribution is -0.151. The van der Waals surface area contributed by atoms with Gasteiger partial charge in [0.1, 0.15) is 5.60 Å². The van der Waals surface area contributed by atoms with Crippen LogP contribution in [-0.4, -0.2) is 24.1 Å². The van der Waals surface area contributed by atoms with Crippen molar-refractivity contribution in [3.05, 3.63) is 12.2 Å². The highest BCUT2D eigenvalue weighted by Gasteiger charge is 2.51. The van der Waals surface area contributed by atoms with Gasteiger partial charge in [-0.3, -0.25) is 4.79 Å². The van der Waals surface area contributed by atoms with Gasteiger partial charge in [-0.1, -0.05) is 13.0 Å². The fraction of sp³-hybridized carbons (Fsp3) is 0.750. The van der Waals surface area contributed by atoms with Gasteiger partial charge in [0.2, 0.25) is 0 Å². The molecular weight excluding hydrogens is 256 g/mol. The number of ether oxygens (including phenoxy) is 2. The third kappa shape index (κ3) is 3.05. The highest BCUT2D eigenvalue weighted by molar-refractivity contribution is 5.91. The van der Waals surface area contributed by atoms with E-state index < -0.39 is 0 Å². The number of carbonyl (C=O) groups excluding carboxylic acids is 2. The van der Waals surface area contributed by atoms with Crippen LogP contribution in [0.4, 0.5) is 0 Å². The molecule has 0 aromatic carbocycles. The molecule has 0 unspecified atom stereocenters. The lowest BCUT2D eigenvalue weighted by Gasteiger charge is -2.36. The molecule has 1 saturated carbocycles. The SMILES string of the molecule is C=C1C(=O)OC2(CCCCC2)[C@H]1CCCC(=O)OCC. The van der Waals surface area contributed by atoms with E-state index >= 15 is 0 Å². The Morgan fingerprint density at radius 1 is 1.40 bits per heavy atom. The topological polar surface area (TPSA) is 52.6 Å². The van der Waals surface area contributed by atoms with Crippen LogP contribution in [-0.2, 0) is 19.1 Å². The first-order chi connectivity index (χ1) is 9.59. The largest absolute Gasteiger partial charge is 0.466 e. The van der Waals surface area contributed by atoms with Gasteiger partial charge in [-0.2, -0.15) is 0 Å². The summed E-state index contributed by atoms with van der Waals surface area (Å²) in [6.45, 7) is 6.13. The minimum Gasteiger partial charge on any atom is -0.466 e. The molecule has 0 aromatic heterocycles. The number of hydrogen-bond donors (Lipinski definition) is 0. The van der Waals surface area contributed by atoms with E-state index in [1.165, 1.54) is 6.42 Å². The van der Waals surface area contributed by atoms with E-state index in [1.807, 2.05) is 0 Å². The Kier molecular flexibility index (Phi) is 4.84. The highest BCUT2D eigenvalue weighted by Crippen LogP contribution is 2.48.